The van der Waals surface area contributed by atoms with Crippen molar-refractivity contribution < 1.29 is 13.9 Å². The zero-order valence-corrected chi connectivity index (χ0v) is 15.4. The molecule has 0 unspecified atom stereocenters. The average molecular weight is 386 g/mol. The van der Waals surface area contributed by atoms with Crippen LogP contribution in [-0.2, 0) is 4.74 Å². The molecule has 0 bridgehead atoms. The van der Waals surface area contributed by atoms with Gasteiger partial charge in [0, 0.05) is 10.6 Å². The molecule has 0 aliphatic heterocycles. The van der Waals surface area contributed by atoms with Crippen LogP contribution in [0, 0.1) is 5.82 Å². The Morgan fingerprint density at radius 3 is 2.54 bits per heavy atom. The maximum atomic E-state index is 13.3. The predicted molar refractivity (Wildman–Crippen MR) is 107 cm³/mol. The summed E-state index contributed by atoms with van der Waals surface area (Å²) < 4.78 is 18.1. The van der Waals surface area contributed by atoms with Crippen molar-refractivity contribution in [2.24, 2.45) is 0 Å². The van der Waals surface area contributed by atoms with Crippen molar-refractivity contribution in [3.8, 4) is 10.4 Å². The van der Waals surface area contributed by atoms with Crippen molar-refractivity contribution in [2.45, 2.75) is 0 Å². The number of carbonyl (C=O) groups excluding carboxylic acids is 1. The number of carbonyl (C=O) groups is 1. The molecule has 2 N–H and O–H groups in total. The van der Waals surface area contributed by atoms with Gasteiger partial charge in [0.15, 0.2) is 5.11 Å². The second kappa shape index (κ2) is 8.07. The van der Waals surface area contributed by atoms with E-state index in [0.29, 0.717) is 16.3 Å². The standard InChI is InChI=1S/C19H15FN2O2S2/c1-24-18(23)15-11-16(12-6-3-2-4-7-12)26-17(15)22-19(25)21-14-9-5-8-13(20)10-14/h2-11H,1H3,(H2,21,22,25). The molecule has 4 nitrogen and oxygen atoms in total. The third-order valence-corrected chi connectivity index (χ3v) is 4.81. The van der Waals surface area contributed by atoms with Crippen molar-refractivity contribution in [1.82, 2.24) is 0 Å². The van der Waals surface area contributed by atoms with E-state index in [2.05, 4.69) is 10.6 Å². The number of nitrogens with one attached hydrogen (secondary N) is 2. The van der Waals surface area contributed by atoms with Crippen LogP contribution < -0.4 is 10.6 Å². The smallest absolute Gasteiger partial charge is 0.340 e. The molecule has 0 radical (unpaired) electrons. The summed E-state index contributed by atoms with van der Waals surface area (Å²) in [5.41, 5.74) is 1.89. The Morgan fingerprint density at radius 1 is 1.08 bits per heavy atom. The lowest BCUT2D eigenvalue weighted by atomic mass is 10.1. The van der Waals surface area contributed by atoms with Crippen molar-refractivity contribution in [3.63, 3.8) is 0 Å². The van der Waals surface area contributed by atoms with Gasteiger partial charge in [-0.3, -0.25) is 0 Å². The van der Waals surface area contributed by atoms with Gasteiger partial charge in [0.2, 0.25) is 0 Å². The summed E-state index contributed by atoms with van der Waals surface area (Å²) >= 11 is 6.66. The zero-order valence-electron chi connectivity index (χ0n) is 13.8. The van der Waals surface area contributed by atoms with Gasteiger partial charge < -0.3 is 15.4 Å². The highest BCUT2D eigenvalue weighted by molar-refractivity contribution is 7.80. The first-order chi connectivity index (χ1) is 12.6. The molecule has 0 spiro atoms. The number of halogens is 1. The third kappa shape index (κ3) is 4.25. The predicted octanol–water partition coefficient (Wildman–Crippen LogP) is 5.15. The molecule has 0 atom stereocenters. The minimum Gasteiger partial charge on any atom is -0.465 e. The van der Waals surface area contributed by atoms with E-state index in [1.54, 1.807) is 18.2 Å². The fourth-order valence-electron chi connectivity index (χ4n) is 2.32. The Balaban J connectivity index is 1.84. The Hall–Kier alpha value is -2.77. The van der Waals surface area contributed by atoms with Gasteiger partial charge in [-0.1, -0.05) is 36.4 Å². The normalized spacial score (nSPS) is 10.2. The van der Waals surface area contributed by atoms with E-state index in [1.165, 1.54) is 30.6 Å². The van der Waals surface area contributed by atoms with Crippen LogP contribution in [0.4, 0.5) is 15.1 Å². The van der Waals surface area contributed by atoms with Crippen molar-refractivity contribution in [3.05, 3.63) is 72.0 Å². The molecule has 0 saturated carbocycles. The van der Waals surface area contributed by atoms with Gasteiger partial charge in [0.1, 0.15) is 10.8 Å². The van der Waals surface area contributed by atoms with Gasteiger partial charge in [-0.25, -0.2) is 9.18 Å². The molecule has 26 heavy (non-hydrogen) atoms. The number of hydrogen-bond donors (Lipinski definition) is 2. The molecule has 1 aromatic heterocycles. The minimum absolute atomic E-state index is 0.252. The van der Waals surface area contributed by atoms with Crippen LogP contribution in [0.2, 0.25) is 0 Å². The number of thiophene rings is 1. The quantitative estimate of drug-likeness (QED) is 0.480. The maximum Gasteiger partial charge on any atom is 0.340 e. The lowest BCUT2D eigenvalue weighted by Gasteiger charge is -2.10. The van der Waals surface area contributed by atoms with E-state index in [-0.39, 0.29) is 10.9 Å². The highest BCUT2D eigenvalue weighted by Crippen LogP contribution is 2.36. The fraction of sp³-hybridized carbons (Fsp3) is 0.0526. The SMILES string of the molecule is COC(=O)c1cc(-c2ccccc2)sc1NC(=S)Nc1cccc(F)c1. The first kappa shape index (κ1) is 18.0. The van der Waals surface area contributed by atoms with Crippen LogP contribution in [-0.4, -0.2) is 18.2 Å². The Bertz CT molecular complexity index is 942. The maximum absolute atomic E-state index is 13.3. The van der Waals surface area contributed by atoms with E-state index in [9.17, 15) is 9.18 Å². The molecule has 3 aromatic rings. The second-order valence-corrected chi connectivity index (χ2v) is 6.76. The monoisotopic (exact) mass is 386 g/mol. The molecule has 1 heterocycles. The number of rotatable bonds is 4. The summed E-state index contributed by atoms with van der Waals surface area (Å²) in [7, 11) is 1.33. The summed E-state index contributed by atoms with van der Waals surface area (Å²) in [6, 6.07) is 17.4. The van der Waals surface area contributed by atoms with Crippen molar-refractivity contribution >= 4 is 45.3 Å². The van der Waals surface area contributed by atoms with Gasteiger partial charge in [0.25, 0.3) is 0 Å². The molecule has 7 heteroatoms. The van der Waals surface area contributed by atoms with E-state index in [4.69, 9.17) is 17.0 Å². The molecule has 132 valence electrons. The molecule has 2 aromatic carbocycles. The minimum atomic E-state index is -0.459. The van der Waals surface area contributed by atoms with Gasteiger partial charge >= 0.3 is 5.97 Å². The summed E-state index contributed by atoms with van der Waals surface area (Å²) in [5, 5.41) is 6.71. The largest absolute Gasteiger partial charge is 0.465 e. The molecular formula is C19H15FN2O2S2. The number of esters is 1. The zero-order chi connectivity index (χ0) is 18.5. The first-order valence-corrected chi connectivity index (χ1v) is 8.90. The molecule has 0 saturated heterocycles. The van der Waals surface area contributed by atoms with Crippen LogP contribution in [0.5, 0.6) is 0 Å². The molecule has 0 aliphatic carbocycles. The fourth-order valence-corrected chi connectivity index (χ4v) is 3.66. The van der Waals surface area contributed by atoms with Crippen molar-refractivity contribution in [2.75, 3.05) is 17.7 Å². The number of ether oxygens (including phenoxy) is 1. The van der Waals surface area contributed by atoms with Crippen LogP contribution in [0.1, 0.15) is 10.4 Å². The van der Waals surface area contributed by atoms with E-state index in [1.807, 2.05) is 30.3 Å². The molecule has 3 rings (SSSR count). The van der Waals surface area contributed by atoms with Crippen LogP contribution in [0.15, 0.2) is 60.7 Å². The average Bonchev–Trinajstić information content (AvgIpc) is 3.05. The molecule has 0 aliphatic rings. The van der Waals surface area contributed by atoms with Crippen molar-refractivity contribution in [1.29, 1.82) is 0 Å². The Morgan fingerprint density at radius 2 is 1.85 bits per heavy atom. The molecular weight excluding hydrogens is 371 g/mol. The summed E-state index contributed by atoms with van der Waals surface area (Å²) in [6.45, 7) is 0. The van der Waals surface area contributed by atoms with Gasteiger partial charge in [-0.05, 0) is 42.0 Å². The Labute approximate surface area is 159 Å². The van der Waals surface area contributed by atoms with Crippen LogP contribution in [0.25, 0.3) is 10.4 Å². The van der Waals surface area contributed by atoms with Gasteiger partial charge in [0.05, 0.1) is 12.7 Å². The van der Waals surface area contributed by atoms with Gasteiger partial charge in [-0.2, -0.15) is 0 Å². The molecule has 0 fully saturated rings. The van der Waals surface area contributed by atoms with Gasteiger partial charge in [-0.15, -0.1) is 11.3 Å². The number of anilines is 2. The highest BCUT2D eigenvalue weighted by Gasteiger charge is 2.18. The molecule has 0 amide bonds. The summed E-state index contributed by atoms with van der Waals surface area (Å²) in [5.74, 6) is -0.824. The van der Waals surface area contributed by atoms with E-state index >= 15 is 0 Å². The lowest BCUT2D eigenvalue weighted by Crippen LogP contribution is -2.19. The number of hydrogen-bond acceptors (Lipinski definition) is 4. The topological polar surface area (TPSA) is 50.4 Å². The lowest BCUT2D eigenvalue weighted by molar-refractivity contribution is 0.0602. The summed E-state index contributed by atoms with van der Waals surface area (Å²) in [6.07, 6.45) is 0. The number of benzene rings is 2. The second-order valence-electron chi connectivity index (χ2n) is 5.30. The summed E-state index contributed by atoms with van der Waals surface area (Å²) in [4.78, 5) is 13.0. The Kier molecular flexibility index (Phi) is 5.60. The van der Waals surface area contributed by atoms with E-state index < -0.39 is 5.97 Å². The van der Waals surface area contributed by atoms with Crippen LogP contribution >= 0.6 is 23.6 Å². The number of methoxy groups -OCH3 is 1. The third-order valence-electron chi connectivity index (χ3n) is 3.51. The van der Waals surface area contributed by atoms with E-state index in [0.717, 1.165) is 10.4 Å². The number of thiocarbonyl (C=S) groups is 1. The van der Waals surface area contributed by atoms with Crippen LogP contribution in [0.3, 0.4) is 0 Å². The first-order valence-electron chi connectivity index (χ1n) is 7.68. The highest BCUT2D eigenvalue weighted by atomic mass is 32.1.